The van der Waals surface area contributed by atoms with Gasteiger partial charge in [0.2, 0.25) is 5.91 Å². The maximum absolute atomic E-state index is 12.7. The van der Waals surface area contributed by atoms with Gasteiger partial charge in [-0.25, -0.2) is 0 Å². The zero-order valence-electron chi connectivity index (χ0n) is 12.5. The molecule has 1 amide bonds. The second-order valence-corrected chi connectivity index (χ2v) is 6.84. The summed E-state index contributed by atoms with van der Waals surface area (Å²) >= 11 is 6.21. The first-order valence-electron chi connectivity index (χ1n) is 7.76. The Hall–Kier alpha value is -1.55. The van der Waals surface area contributed by atoms with E-state index in [4.69, 9.17) is 16.7 Å². The normalized spacial score (nSPS) is 24.6. The Balaban J connectivity index is 1.68. The van der Waals surface area contributed by atoms with Crippen LogP contribution in [0.2, 0.25) is 5.02 Å². The van der Waals surface area contributed by atoms with E-state index in [1.807, 2.05) is 24.3 Å². The lowest BCUT2D eigenvalue weighted by molar-refractivity contribution is -0.143. The quantitative estimate of drug-likeness (QED) is 0.875. The summed E-state index contributed by atoms with van der Waals surface area (Å²) in [5, 5.41) is 9.79. The molecule has 0 saturated heterocycles. The van der Waals surface area contributed by atoms with Gasteiger partial charge in [-0.1, -0.05) is 36.7 Å². The average Bonchev–Trinajstić information content (AvgIpc) is 3.37. The van der Waals surface area contributed by atoms with E-state index in [1.54, 1.807) is 11.8 Å². The zero-order valence-corrected chi connectivity index (χ0v) is 13.3. The maximum atomic E-state index is 12.7. The van der Waals surface area contributed by atoms with Crippen LogP contribution in [0.3, 0.4) is 0 Å². The Labute approximate surface area is 135 Å². The summed E-state index contributed by atoms with van der Waals surface area (Å²) < 4.78 is 0. The molecule has 1 N–H and O–H groups in total. The summed E-state index contributed by atoms with van der Waals surface area (Å²) in [6.45, 7) is 1.97. The summed E-state index contributed by atoms with van der Waals surface area (Å²) in [6.07, 6.45) is 2.79. The number of carboxylic acids is 1. The third kappa shape index (κ3) is 3.12. The number of carbonyl (C=O) groups excluding carboxylic acids is 1. The van der Waals surface area contributed by atoms with Crippen molar-refractivity contribution in [3.63, 3.8) is 0 Å². The fourth-order valence-electron chi connectivity index (χ4n) is 2.98. The highest BCUT2D eigenvalue weighted by molar-refractivity contribution is 6.31. The number of amides is 1. The molecule has 3 unspecified atom stereocenters. The molecule has 2 fully saturated rings. The summed E-state index contributed by atoms with van der Waals surface area (Å²) in [7, 11) is 0. The lowest BCUT2D eigenvalue weighted by Crippen LogP contribution is -2.39. The first kappa shape index (κ1) is 15.3. The van der Waals surface area contributed by atoms with Gasteiger partial charge >= 0.3 is 5.97 Å². The topological polar surface area (TPSA) is 57.6 Å². The summed E-state index contributed by atoms with van der Waals surface area (Å²) in [4.78, 5) is 25.6. The van der Waals surface area contributed by atoms with Gasteiger partial charge in [0.05, 0.1) is 5.92 Å². The van der Waals surface area contributed by atoms with Crippen molar-refractivity contribution in [2.24, 2.45) is 11.8 Å². The molecule has 1 aromatic rings. The van der Waals surface area contributed by atoms with Crippen LogP contribution in [0.4, 0.5) is 0 Å². The van der Waals surface area contributed by atoms with E-state index in [0.717, 1.165) is 24.8 Å². The van der Waals surface area contributed by atoms with Crippen molar-refractivity contribution >= 4 is 23.5 Å². The molecule has 4 nitrogen and oxygen atoms in total. The Morgan fingerprint density at radius 1 is 1.36 bits per heavy atom. The monoisotopic (exact) mass is 321 g/mol. The van der Waals surface area contributed by atoms with Crippen LogP contribution in [0.1, 0.15) is 37.7 Å². The number of rotatable bonds is 6. The largest absolute Gasteiger partial charge is 0.481 e. The van der Waals surface area contributed by atoms with Gasteiger partial charge in [-0.2, -0.15) is 0 Å². The van der Waals surface area contributed by atoms with Gasteiger partial charge in [-0.15, -0.1) is 0 Å². The predicted molar refractivity (Wildman–Crippen MR) is 83.8 cm³/mol. The number of benzene rings is 1. The highest BCUT2D eigenvalue weighted by Crippen LogP contribution is 2.51. The standard InChI is InChI=1S/C17H20ClNO3/c1-10(17(21)22)9-19(11-6-7-11)16(20)14-8-13(14)12-4-2-3-5-15(12)18/h2-5,10-11,13-14H,6-9H2,1H3,(H,21,22). The van der Waals surface area contributed by atoms with Crippen LogP contribution in [-0.2, 0) is 9.59 Å². The number of hydrogen-bond acceptors (Lipinski definition) is 2. The minimum absolute atomic E-state index is 0.0403. The van der Waals surface area contributed by atoms with E-state index in [1.165, 1.54) is 0 Å². The molecule has 0 heterocycles. The molecule has 3 atom stereocenters. The molecule has 2 aliphatic rings. The molecular formula is C17H20ClNO3. The molecular weight excluding hydrogens is 302 g/mol. The van der Waals surface area contributed by atoms with E-state index in [-0.39, 0.29) is 23.8 Å². The molecule has 3 rings (SSSR count). The molecule has 2 saturated carbocycles. The Kier molecular flexibility index (Phi) is 4.13. The fourth-order valence-corrected chi connectivity index (χ4v) is 3.25. The molecule has 22 heavy (non-hydrogen) atoms. The summed E-state index contributed by atoms with van der Waals surface area (Å²) in [6, 6.07) is 7.88. The fraction of sp³-hybridized carbons (Fsp3) is 0.529. The smallest absolute Gasteiger partial charge is 0.308 e. The number of carbonyl (C=O) groups is 2. The van der Waals surface area contributed by atoms with E-state index < -0.39 is 11.9 Å². The van der Waals surface area contributed by atoms with E-state index in [2.05, 4.69) is 0 Å². The van der Waals surface area contributed by atoms with Crippen LogP contribution < -0.4 is 0 Å². The number of aliphatic carboxylic acids is 1. The summed E-state index contributed by atoms with van der Waals surface area (Å²) in [5.74, 6) is -1.14. The van der Waals surface area contributed by atoms with Crippen LogP contribution in [-0.4, -0.2) is 34.5 Å². The lowest BCUT2D eigenvalue weighted by Gasteiger charge is -2.24. The molecule has 118 valence electrons. The highest BCUT2D eigenvalue weighted by Gasteiger charge is 2.49. The molecule has 0 bridgehead atoms. The van der Waals surface area contributed by atoms with Gasteiger partial charge in [-0.3, -0.25) is 9.59 Å². The number of hydrogen-bond donors (Lipinski definition) is 1. The number of nitrogens with zero attached hydrogens (tertiary/aromatic N) is 1. The van der Waals surface area contributed by atoms with Crippen molar-refractivity contribution < 1.29 is 14.7 Å². The maximum Gasteiger partial charge on any atom is 0.308 e. The molecule has 0 aromatic heterocycles. The van der Waals surface area contributed by atoms with Gasteiger partial charge in [0.15, 0.2) is 0 Å². The molecule has 0 radical (unpaired) electrons. The van der Waals surface area contributed by atoms with Crippen LogP contribution in [0, 0.1) is 11.8 Å². The van der Waals surface area contributed by atoms with Crippen molar-refractivity contribution in [2.75, 3.05) is 6.54 Å². The molecule has 1 aromatic carbocycles. The first-order valence-corrected chi connectivity index (χ1v) is 8.14. The zero-order chi connectivity index (χ0) is 15.9. The van der Waals surface area contributed by atoms with Gasteiger partial charge in [0.25, 0.3) is 0 Å². The second kappa shape index (κ2) is 5.92. The second-order valence-electron chi connectivity index (χ2n) is 6.43. The Morgan fingerprint density at radius 2 is 2.05 bits per heavy atom. The average molecular weight is 322 g/mol. The molecule has 2 aliphatic carbocycles. The van der Waals surface area contributed by atoms with Crippen molar-refractivity contribution in [2.45, 2.75) is 38.1 Å². The lowest BCUT2D eigenvalue weighted by atomic mass is 10.1. The minimum Gasteiger partial charge on any atom is -0.481 e. The highest BCUT2D eigenvalue weighted by atomic mass is 35.5. The van der Waals surface area contributed by atoms with Crippen molar-refractivity contribution in [3.05, 3.63) is 34.9 Å². The van der Waals surface area contributed by atoms with Crippen LogP contribution in [0.25, 0.3) is 0 Å². The van der Waals surface area contributed by atoms with E-state index in [9.17, 15) is 9.59 Å². The van der Waals surface area contributed by atoms with Gasteiger partial charge in [-0.05, 0) is 36.8 Å². The molecule has 0 spiro atoms. The van der Waals surface area contributed by atoms with Crippen LogP contribution in [0.5, 0.6) is 0 Å². The Bertz CT molecular complexity index is 599. The summed E-state index contributed by atoms with van der Waals surface area (Å²) in [5.41, 5.74) is 1.03. The van der Waals surface area contributed by atoms with Gasteiger partial charge < -0.3 is 10.0 Å². The third-order valence-electron chi connectivity index (χ3n) is 4.58. The Morgan fingerprint density at radius 3 is 2.64 bits per heavy atom. The van der Waals surface area contributed by atoms with Crippen molar-refractivity contribution in [1.82, 2.24) is 4.90 Å². The van der Waals surface area contributed by atoms with Crippen molar-refractivity contribution in [3.8, 4) is 0 Å². The van der Waals surface area contributed by atoms with Gasteiger partial charge in [0.1, 0.15) is 0 Å². The van der Waals surface area contributed by atoms with E-state index in [0.29, 0.717) is 11.6 Å². The predicted octanol–water partition coefficient (Wildman–Crippen LogP) is 3.16. The first-order chi connectivity index (χ1) is 10.5. The van der Waals surface area contributed by atoms with Crippen molar-refractivity contribution in [1.29, 1.82) is 0 Å². The molecule has 0 aliphatic heterocycles. The van der Waals surface area contributed by atoms with Crippen LogP contribution >= 0.6 is 11.6 Å². The van der Waals surface area contributed by atoms with Gasteiger partial charge in [0, 0.05) is 23.5 Å². The molecule has 5 heteroatoms. The van der Waals surface area contributed by atoms with Crippen LogP contribution in [0.15, 0.2) is 24.3 Å². The van der Waals surface area contributed by atoms with E-state index >= 15 is 0 Å². The SMILES string of the molecule is CC(CN(C(=O)C1CC1c1ccccc1Cl)C1CC1)C(=O)O. The third-order valence-corrected chi connectivity index (χ3v) is 4.92. The number of carboxylic acid groups (broad SMARTS) is 1. The number of halogens is 1. The minimum atomic E-state index is -0.850.